The Morgan fingerprint density at radius 3 is 2.25 bits per heavy atom. The topological polar surface area (TPSA) is 12.0 Å². The van der Waals surface area contributed by atoms with Crippen LogP contribution < -0.4 is 5.32 Å². The highest BCUT2D eigenvalue weighted by atomic mass is 32.1. The Hall–Kier alpha value is -1.67. The molecule has 3 rings (SSSR count). The lowest BCUT2D eigenvalue weighted by Crippen LogP contribution is -2.19. The Labute approximate surface area is 100 Å². The Bertz CT molecular complexity index is 560. The van der Waals surface area contributed by atoms with Crippen molar-refractivity contribution in [3.63, 3.8) is 0 Å². The van der Waals surface area contributed by atoms with Gasteiger partial charge in [-0.25, -0.2) is 0 Å². The lowest BCUT2D eigenvalue weighted by Gasteiger charge is -2.07. The fourth-order valence-corrected chi connectivity index (χ4v) is 2.37. The van der Waals surface area contributed by atoms with E-state index in [1.54, 1.807) is 0 Å². The standard InChI is InChI=1S/C14H11NS/c16-14-13-8-4-3-7-12(13)11-6-2-1-5-10(11)9-15-14/h1-8H,9H2,(H,15,16). The third-order valence-corrected chi connectivity index (χ3v) is 3.28. The summed E-state index contributed by atoms with van der Waals surface area (Å²) in [6.45, 7) is 0.809. The molecular formula is C14H11NS. The number of hydrogen-bond donors (Lipinski definition) is 1. The van der Waals surface area contributed by atoms with Gasteiger partial charge in [-0.3, -0.25) is 0 Å². The molecule has 0 amide bonds. The maximum Gasteiger partial charge on any atom is 0.107 e. The van der Waals surface area contributed by atoms with Gasteiger partial charge in [-0.15, -0.1) is 0 Å². The van der Waals surface area contributed by atoms with Crippen LogP contribution in [0, 0.1) is 0 Å². The van der Waals surface area contributed by atoms with Crippen molar-refractivity contribution in [3.8, 4) is 11.1 Å². The van der Waals surface area contributed by atoms with Gasteiger partial charge in [0.15, 0.2) is 0 Å². The molecule has 1 nitrogen and oxygen atoms in total. The van der Waals surface area contributed by atoms with Crippen LogP contribution in [0.1, 0.15) is 11.1 Å². The lowest BCUT2D eigenvalue weighted by molar-refractivity contribution is 0.938. The molecule has 0 saturated heterocycles. The highest BCUT2D eigenvalue weighted by Crippen LogP contribution is 2.29. The van der Waals surface area contributed by atoms with Crippen LogP contribution in [0.25, 0.3) is 11.1 Å². The number of rotatable bonds is 0. The van der Waals surface area contributed by atoms with Crippen molar-refractivity contribution in [3.05, 3.63) is 59.7 Å². The number of hydrogen-bond acceptors (Lipinski definition) is 1. The van der Waals surface area contributed by atoms with Gasteiger partial charge >= 0.3 is 0 Å². The summed E-state index contributed by atoms with van der Waals surface area (Å²) in [7, 11) is 0. The number of benzene rings is 2. The largest absolute Gasteiger partial charge is 0.372 e. The molecular weight excluding hydrogens is 214 g/mol. The Morgan fingerprint density at radius 1 is 0.812 bits per heavy atom. The summed E-state index contributed by atoms with van der Waals surface area (Å²) in [4.78, 5) is 0.840. The molecule has 16 heavy (non-hydrogen) atoms. The Balaban J connectivity index is 2.32. The van der Waals surface area contributed by atoms with Gasteiger partial charge in [0, 0.05) is 12.1 Å². The monoisotopic (exact) mass is 225 g/mol. The highest BCUT2D eigenvalue weighted by Gasteiger charge is 2.15. The first-order valence-electron chi connectivity index (χ1n) is 5.32. The van der Waals surface area contributed by atoms with Gasteiger partial charge in [0.05, 0.1) is 0 Å². The van der Waals surface area contributed by atoms with Crippen LogP contribution in [0.5, 0.6) is 0 Å². The molecule has 2 aromatic carbocycles. The van der Waals surface area contributed by atoms with Gasteiger partial charge in [-0.1, -0.05) is 60.7 Å². The number of fused-ring (bicyclic) bond motifs is 3. The van der Waals surface area contributed by atoms with E-state index in [1.807, 2.05) is 6.07 Å². The summed E-state index contributed by atoms with van der Waals surface area (Å²) < 4.78 is 0. The summed E-state index contributed by atoms with van der Waals surface area (Å²) in [5.74, 6) is 0. The molecule has 2 aromatic rings. The van der Waals surface area contributed by atoms with E-state index in [0.717, 1.165) is 17.1 Å². The predicted octanol–water partition coefficient (Wildman–Crippen LogP) is 3.13. The van der Waals surface area contributed by atoms with Crippen molar-refractivity contribution in [2.75, 3.05) is 0 Å². The van der Waals surface area contributed by atoms with Crippen molar-refractivity contribution in [1.82, 2.24) is 5.32 Å². The minimum Gasteiger partial charge on any atom is -0.372 e. The third-order valence-electron chi connectivity index (χ3n) is 2.92. The maximum absolute atomic E-state index is 5.38. The summed E-state index contributed by atoms with van der Waals surface area (Å²) >= 11 is 5.38. The van der Waals surface area contributed by atoms with E-state index < -0.39 is 0 Å². The summed E-state index contributed by atoms with van der Waals surface area (Å²) in [5, 5.41) is 3.29. The molecule has 1 aliphatic rings. The van der Waals surface area contributed by atoms with E-state index >= 15 is 0 Å². The van der Waals surface area contributed by atoms with Crippen LogP contribution >= 0.6 is 12.2 Å². The fraction of sp³-hybridized carbons (Fsp3) is 0.0714. The van der Waals surface area contributed by atoms with Crippen LogP contribution in [0.3, 0.4) is 0 Å². The molecule has 0 atom stereocenters. The molecule has 0 aliphatic carbocycles. The van der Waals surface area contributed by atoms with E-state index in [-0.39, 0.29) is 0 Å². The zero-order valence-corrected chi connectivity index (χ0v) is 9.55. The second-order valence-corrected chi connectivity index (χ2v) is 4.29. The molecule has 0 saturated carbocycles. The quantitative estimate of drug-likeness (QED) is 0.691. The molecule has 1 N–H and O–H groups in total. The zero-order chi connectivity index (χ0) is 11.0. The summed E-state index contributed by atoms with van der Waals surface area (Å²) in [6, 6.07) is 16.7. The molecule has 1 heterocycles. The van der Waals surface area contributed by atoms with Crippen molar-refractivity contribution in [1.29, 1.82) is 0 Å². The first kappa shape index (κ1) is 9.55. The normalized spacial score (nSPS) is 13.4. The smallest absolute Gasteiger partial charge is 0.107 e. The van der Waals surface area contributed by atoms with Gasteiger partial charge in [0.1, 0.15) is 4.99 Å². The van der Waals surface area contributed by atoms with E-state index in [4.69, 9.17) is 12.2 Å². The second-order valence-electron chi connectivity index (χ2n) is 3.89. The van der Waals surface area contributed by atoms with Crippen LogP contribution in [0.4, 0.5) is 0 Å². The van der Waals surface area contributed by atoms with Crippen molar-refractivity contribution in [2.24, 2.45) is 0 Å². The van der Waals surface area contributed by atoms with Crippen LogP contribution in [0.2, 0.25) is 0 Å². The SMILES string of the molecule is S=C1NCc2ccccc2-c2ccccc21. The lowest BCUT2D eigenvalue weighted by atomic mass is 9.97. The average molecular weight is 225 g/mol. The Morgan fingerprint density at radius 2 is 1.44 bits per heavy atom. The van der Waals surface area contributed by atoms with E-state index in [1.165, 1.54) is 16.7 Å². The summed E-state index contributed by atoms with van der Waals surface area (Å²) in [5.41, 5.74) is 4.94. The fourth-order valence-electron chi connectivity index (χ4n) is 2.12. The number of nitrogens with one attached hydrogen (secondary N) is 1. The minimum absolute atomic E-state index is 0.809. The molecule has 2 heteroatoms. The van der Waals surface area contributed by atoms with E-state index in [2.05, 4.69) is 47.8 Å². The molecule has 0 bridgehead atoms. The molecule has 0 radical (unpaired) electrons. The number of thiocarbonyl (C=S) groups is 1. The van der Waals surface area contributed by atoms with Crippen LogP contribution in [-0.2, 0) is 6.54 Å². The maximum atomic E-state index is 5.38. The van der Waals surface area contributed by atoms with Crippen LogP contribution in [0.15, 0.2) is 48.5 Å². The van der Waals surface area contributed by atoms with E-state index in [9.17, 15) is 0 Å². The molecule has 1 aliphatic heterocycles. The molecule has 0 aromatic heterocycles. The van der Waals surface area contributed by atoms with Gasteiger partial charge in [0.25, 0.3) is 0 Å². The molecule has 0 unspecified atom stereocenters. The Kier molecular flexibility index (Phi) is 2.22. The third kappa shape index (κ3) is 1.42. The molecule has 0 spiro atoms. The van der Waals surface area contributed by atoms with Crippen LogP contribution in [-0.4, -0.2) is 4.99 Å². The molecule has 78 valence electrons. The van der Waals surface area contributed by atoms with E-state index in [0.29, 0.717) is 0 Å². The van der Waals surface area contributed by atoms with Gasteiger partial charge < -0.3 is 5.32 Å². The highest BCUT2D eigenvalue weighted by molar-refractivity contribution is 7.80. The van der Waals surface area contributed by atoms with Gasteiger partial charge in [-0.05, 0) is 16.7 Å². The van der Waals surface area contributed by atoms with Gasteiger partial charge in [0.2, 0.25) is 0 Å². The van der Waals surface area contributed by atoms with Crippen molar-refractivity contribution < 1.29 is 0 Å². The van der Waals surface area contributed by atoms with Gasteiger partial charge in [-0.2, -0.15) is 0 Å². The second kappa shape index (κ2) is 3.72. The first-order valence-corrected chi connectivity index (χ1v) is 5.72. The molecule has 0 fully saturated rings. The predicted molar refractivity (Wildman–Crippen MR) is 70.4 cm³/mol. The van der Waals surface area contributed by atoms with Crippen molar-refractivity contribution >= 4 is 17.2 Å². The van der Waals surface area contributed by atoms with Crippen molar-refractivity contribution in [2.45, 2.75) is 6.54 Å². The zero-order valence-electron chi connectivity index (χ0n) is 8.73. The minimum atomic E-state index is 0.809. The first-order chi connectivity index (χ1) is 7.86. The average Bonchev–Trinajstić information content (AvgIpc) is 2.49. The summed E-state index contributed by atoms with van der Waals surface area (Å²) in [6.07, 6.45) is 0.